The Hall–Kier alpha value is -2.57. The summed E-state index contributed by atoms with van der Waals surface area (Å²) in [6, 6.07) is 11.9. The van der Waals surface area contributed by atoms with Gasteiger partial charge in [-0.15, -0.1) is 0 Å². The van der Waals surface area contributed by atoms with Crippen LogP contribution in [0.2, 0.25) is 0 Å². The number of fused-ring (bicyclic) bond motifs is 1. The molecule has 0 aliphatic carbocycles. The van der Waals surface area contributed by atoms with Crippen molar-refractivity contribution in [3.05, 3.63) is 48.3 Å². The summed E-state index contributed by atoms with van der Waals surface area (Å²) in [5.74, 6) is 1.37. The van der Waals surface area contributed by atoms with Gasteiger partial charge < -0.3 is 15.7 Å². The summed E-state index contributed by atoms with van der Waals surface area (Å²) < 4.78 is 0. The van der Waals surface area contributed by atoms with Gasteiger partial charge >= 0.3 is 0 Å². The van der Waals surface area contributed by atoms with Crippen LogP contribution in [0.3, 0.4) is 0 Å². The van der Waals surface area contributed by atoms with Crippen molar-refractivity contribution in [2.24, 2.45) is 17.6 Å². The second-order valence-electron chi connectivity index (χ2n) is 7.50. The SMILES string of the molecule is C[C@@H]1CN(c2cccc(-c3ccc4cnc(CN)cc4n3)n2)C[C@H](C)C1O. The molecule has 27 heavy (non-hydrogen) atoms. The van der Waals surface area contributed by atoms with Gasteiger partial charge in [0.25, 0.3) is 0 Å². The van der Waals surface area contributed by atoms with Crippen molar-refractivity contribution in [3.8, 4) is 11.4 Å². The highest BCUT2D eigenvalue weighted by atomic mass is 16.3. The topological polar surface area (TPSA) is 88.2 Å². The van der Waals surface area contributed by atoms with Gasteiger partial charge in [0.2, 0.25) is 0 Å². The molecule has 6 heteroatoms. The van der Waals surface area contributed by atoms with Crippen LogP contribution in [0.4, 0.5) is 5.82 Å². The molecule has 0 spiro atoms. The number of hydrogen-bond donors (Lipinski definition) is 2. The van der Waals surface area contributed by atoms with Crippen LogP contribution in [0.25, 0.3) is 22.3 Å². The minimum absolute atomic E-state index is 0.222. The number of hydrogen-bond acceptors (Lipinski definition) is 6. The zero-order chi connectivity index (χ0) is 19.0. The molecule has 0 saturated carbocycles. The van der Waals surface area contributed by atoms with Gasteiger partial charge in [0.1, 0.15) is 5.82 Å². The van der Waals surface area contributed by atoms with E-state index in [1.807, 2.05) is 36.4 Å². The maximum Gasteiger partial charge on any atom is 0.129 e. The summed E-state index contributed by atoms with van der Waals surface area (Å²) in [5, 5.41) is 11.2. The number of pyridine rings is 3. The van der Waals surface area contributed by atoms with E-state index >= 15 is 0 Å². The molecule has 6 nitrogen and oxygen atoms in total. The number of nitrogens with zero attached hydrogens (tertiary/aromatic N) is 4. The fourth-order valence-electron chi connectivity index (χ4n) is 3.79. The number of nitrogens with two attached hydrogens (primary N) is 1. The predicted molar refractivity (Wildman–Crippen MR) is 107 cm³/mol. The van der Waals surface area contributed by atoms with E-state index in [-0.39, 0.29) is 17.9 Å². The summed E-state index contributed by atoms with van der Waals surface area (Å²) in [6.45, 7) is 6.18. The summed E-state index contributed by atoms with van der Waals surface area (Å²) >= 11 is 0. The van der Waals surface area contributed by atoms with E-state index in [0.717, 1.165) is 46.9 Å². The third-order valence-electron chi connectivity index (χ3n) is 5.34. The Morgan fingerprint density at radius 1 is 1.07 bits per heavy atom. The molecule has 1 saturated heterocycles. The van der Waals surface area contributed by atoms with Crippen LogP contribution in [0.5, 0.6) is 0 Å². The van der Waals surface area contributed by atoms with Crippen molar-refractivity contribution in [1.82, 2.24) is 15.0 Å². The first kappa shape index (κ1) is 17.8. The molecule has 140 valence electrons. The van der Waals surface area contributed by atoms with Crippen LogP contribution in [0.1, 0.15) is 19.5 Å². The van der Waals surface area contributed by atoms with Gasteiger partial charge in [0.15, 0.2) is 0 Å². The summed E-state index contributed by atoms with van der Waals surface area (Å²) in [4.78, 5) is 16.2. The quantitative estimate of drug-likeness (QED) is 0.744. The molecule has 0 aromatic carbocycles. The molecule has 1 fully saturated rings. The minimum Gasteiger partial charge on any atom is -0.392 e. The summed E-state index contributed by atoms with van der Waals surface area (Å²) in [6.07, 6.45) is 1.55. The molecule has 3 aromatic heterocycles. The lowest BCUT2D eigenvalue weighted by Gasteiger charge is -2.39. The van der Waals surface area contributed by atoms with Gasteiger partial charge in [-0.25, -0.2) is 9.97 Å². The van der Waals surface area contributed by atoms with Crippen molar-refractivity contribution >= 4 is 16.7 Å². The van der Waals surface area contributed by atoms with E-state index in [1.165, 1.54) is 0 Å². The lowest BCUT2D eigenvalue weighted by Crippen LogP contribution is -2.47. The molecule has 4 heterocycles. The number of anilines is 1. The normalized spacial score (nSPS) is 23.0. The average Bonchev–Trinajstić information content (AvgIpc) is 2.70. The van der Waals surface area contributed by atoms with Crippen LogP contribution in [-0.2, 0) is 6.54 Å². The van der Waals surface area contributed by atoms with Gasteiger partial charge in [-0.2, -0.15) is 0 Å². The molecule has 3 aromatic rings. The van der Waals surface area contributed by atoms with Gasteiger partial charge in [-0.05, 0) is 42.2 Å². The van der Waals surface area contributed by atoms with E-state index in [0.29, 0.717) is 6.54 Å². The van der Waals surface area contributed by atoms with Crippen LogP contribution in [-0.4, -0.2) is 39.3 Å². The highest BCUT2D eigenvalue weighted by Gasteiger charge is 2.30. The molecule has 0 amide bonds. The van der Waals surface area contributed by atoms with Crippen LogP contribution >= 0.6 is 0 Å². The minimum atomic E-state index is -0.253. The third kappa shape index (κ3) is 3.50. The third-order valence-corrected chi connectivity index (χ3v) is 5.34. The van der Waals surface area contributed by atoms with E-state index in [4.69, 9.17) is 15.7 Å². The first-order valence-electron chi connectivity index (χ1n) is 9.41. The van der Waals surface area contributed by atoms with Crippen LogP contribution < -0.4 is 10.6 Å². The molecule has 4 rings (SSSR count). The van der Waals surface area contributed by atoms with Crippen molar-refractivity contribution in [2.75, 3.05) is 18.0 Å². The molecule has 1 aliphatic rings. The van der Waals surface area contributed by atoms with Gasteiger partial charge in [-0.1, -0.05) is 19.9 Å². The van der Waals surface area contributed by atoms with Gasteiger partial charge in [-0.3, -0.25) is 4.98 Å². The number of rotatable bonds is 3. The molecular formula is C21H25N5O. The Balaban J connectivity index is 1.67. The summed E-state index contributed by atoms with van der Waals surface area (Å²) in [5.41, 5.74) is 9.07. The Labute approximate surface area is 159 Å². The molecule has 1 aliphatic heterocycles. The average molecular weight is 363 g/mol. The van der Waals surface area contributed by atoms with Gasteiger partial charge in [0, 0.05) is 31.2 Å². The second kappa shape index (κ2) is 7.21. The Bertz CT molecular complexity index is 948. The standard InChI is InChI=1S/C21H25N5O/c1-13-11-26(12-14(2)21(13)27)20-5-3-4-17(25-20)18-7-6-15-10-23-16(9-22)8-19(15)24-18/h3-8,10,13-14,21,27H,9,11-12,22H2,1-2H3/t13-,14+,21?. The first-order chi connectivity index (χ1) is 13.0. The lowest BCUT2D eigenvalue weighted by atomic mass is 9.88. The van der Waals surface area contributed by atoms with Crippen LogP contribution in [0, 0.1) is 11.8 Å². The zero-order valence-corrected chi connectivity index (χ0v) is 15.7. The number of aliphatic hydroxyl groups excluding tert-OH is 1. The van der Waals surface area contributed by atoms with E-state index in [1.54, 1.807) is 6.20 Å². The Kier molecular flexibility index (Phi) is 4.76. The fourth-order valence-corrected chi connectivity index (χ4v) is 3.79. The first-order valence-corrected chi connectivity index (χ1v) is 9.41. The molecule has 0 radical (unpaired) electrons. The molecular weight excluding hydrogens is 338 g/mol. The highest BCUT2D eigenvalue weighted by molar-refractivity contribution is 5.80. The number of aromatic nitrogens is 3. The van der Waals surface area contributed by atoms with Crippen molar-refractivity contribution in [1.29, 1.82) is 0 Å². The van der Waals surface area contributed by atoms with E-state index in [9.17, 15) is 5.11 Å². The van der Waals surface area contributed by atoms with Crippen molar-refractivity contribution < 1.29 is 5.11 Å². The summed E-state index contributed by atoms with van der Waals surface area (Å²) in [7, 11) is 0. The smallest absolute Gasteiger partial charge is 0.129 e. The zero-order valence-electron chi connectivity index (χ0n) is 15.7. The van der Waals surface area contributed by atoms with E-state index in [2.05, 4.69) is 23.7 Å². The number of aliphatic hydroxyl groups is 1. The van der Waals surface area contributed by atoms with Crippen LogP contribution in [0.15, 0.2) is 42.6 Å². The maximum atomic E-state index is 10.2. The van der Waals surface area contributed by atoms with Gasteiger partial charge in [0.05, 0.1) is 28.7 Å². The molecule has 3 atom stereocenters. The number of piperidine rings is 1. The predicted octanol–water partition coefficient (Wildman–Crippen LogP) is 2.60. The van der Waals surface area contributed by atoms with Crippen molar-refractivity contribution in [3.63, 3.8) is 0 Å². The lowest BCUT2D eigenvalue weighted by molar-refractivity contribution is 0.0527. The highest BCUT2D eigenvalue weighted by Crippen LogP contribution is 2.27. The molecule has 3 N–H and O–H groups in total. The monoisotopic (exact) mass is 363 g/mol. The van der Waals surface area contributed by atoms with Crippen molar-refractivity contribution in [2.45, 2.75) is 26.5 Å². The Morgan fingerprint density at radius 2 is 1.81 bits per heavy atom. The largest absolute Gasteiger partial charge is 0.392 e. The Morgan fingerprint density at radius 3 is 2.56 bits per heavy atom. The second-order valence-corrected chi connectivity index (χ2v) is 7.50. The van der Waals surface area contributed by atoms with E-state index < -0.39 is 0 Å². The fraction of sp³-hybridized carbons (Fsp3) is 0.381. The molecule has 0 bridgehead atoms. The molecule has 1 unspecified atom stereocenters. The maximum absolute atomic E-state index is 10.2.